The summed E-state index contributed by atoms with van der Waals surface area (Å²) in [5.41, 5.74) is 3.94. The molecular formula is C29H33FS. The second kappa shape index (κ2) is 11.0. The monoisotopic (exact) mass is 432 g/mol. The molecule has 162 valence electrons. The lowest BCUT2D eigenvalue weighted by Gasteiger charge is -2.40. The highest BCUT2D eigenvalue weighted by Crippen LogP contribution is 2.58. The summed E-state index contributed by atoms with van der Waals surface area (Å²) in [6.45, 7) is 2.26. The van der Waals surface area contributed by atoms with Crippen molar-refractivity contribution in [2.45, 2.75) is 73.9 Å². The first-order chi connectivity index (χ1) is 15.3. The predicted octanol–water partition coefficient (Wildman–Crippen LogP) is 9.29. The van der Waals surface area contributed by atoms with Crippen molar-refractivity contribution in [3.05, 3.63) is 101 Å². The van der Waals surface area contributed by atoms with E-state index in [1.54, 1.807) is 12.1 Å². The van der Waals surface area contributed by atoms with Crippen molar-refractivity contribution < 1.29 is 4.39 Å². The number of hydrogen-bond donors (Lipinski definition) is 0. The van der Waals surface area contributed by atoms with Crippen LogP contribution in [0.4, 0.5) is 4.39 Å². The minimum atomic E-state index is -0.114. The fourth-order valence-electron chi connectivity index (χ4n) is 5.01. The first kappa shape index (κ1) is 22.1. The summed E-state index contributed by atoms with van der Waals surface area (Å²) in [7, 11) is 0. The highest BCUT2D eigenvalue weighted by Gasteiger charge is 2.38. The molecule has 4 rings (SSSR count). The zero-order chi connectivity index (χ0) is 21.5. The van der Waals surface area contributed by atoms with E-state index < -0.39 is 0 Å². The maximum Gasteiger partial charge on any atom is 0.123 e. The molecule has 1 heterocycles. The van der Waals surface area contributed by atoms with Crippen molar-refractivity contribution >= 4 is 11.8 Å². The standard InChI is InChI=1S/C29H33FS/c1-2-3-4-5-6-13-18-25-26-21-24(30)19-20-27(26)31-29(23-16-11-8-12-17-23)28(25)22-14-9-7-10-15-22/h7-12,14-17,19-21,25,28-29H,2-6,13,18H2,1H3. The summed E-state index contributed by atoms with van der Waals surface area (Å²) in [5, 5.41) is 0.339. The molecule has 0 nitrogen and oxygen atoms in total. The molecule has 0 spiro atoms. The molecule has 0 saturated heterocycles. The quantitative estimate of drug-likeness (QED) is 0.304. The van der Waals surface area contributed by atoms with E-state index in [1.807, 2.05) is 17.8 Å². The van der Waals surface area contributed by atoms with Crippen LogP contribution in [-0.4, -0.2) is 0 Å². The molecule has 1 aliphatic rings. The smallest absolute Gasteiger partial charge is 0.123 e. The topological polar surface area (TPSA) is 0 Å². The molecule has 0 saturated carbocycles. The Morgan fingerprint density at radius 2 is 1.39 bits per heavy atom. The number of rotatable bonds is 9. The third-order valence-corrected chi connectivity index (χ3v) is 8.01. The lowest BCUT2D eigenvalue weighted by Crippen LogP contribution is -2.22. The van der Waals surface area contributed by atoms with E-state index in [1.165, 1.54) is 60.1 Å². The Bertz CT molecular complexity index is 937. The van der Waals surface area contributed by atoms with Gasteiger partial charge in [0, 0.05) is 16.1 Å². The van der Waals surface area contributed by atoms with Crippen molar-refractivity contribution in [3.63, 3.8) is 0 Å². The van der Waals surface area contributed by atoms with Gasteiger partial charge in [0.25, 0.3) is 0 Å². The second-order valence-corrected chi connectivity index (χ2v) is 9.91. The minimum absolute atomic E-state index is 0.114. The van der Waals surface area contributed by atoms with Crippen LogP contribution < -0.4 is 0 Å². The van der Waals surface area contributed by atoms with Crippen molar-refractivity contribution in [1.29, 1.82) is 0 Å². The molecule has 1 aliphatic heterocycles. The SMILES string of the molecule is CCCCCCCCC1c2cc(F)ccc2SC(c2ccccc2)C1c1ccccc1. The lowest BCUT2D eigenvalue weighted by molar-refractivity contribution is 0.450. The fraction of sp³-hybridized carbons (Fsp3) is 0.379. The molecule has 3 unspecified atom stereocenters. The molecule has 0 fully saturated rings. The molecule has 0 amide bonds. The second-order valence-electron chi connectivity index (χ2n) is 8.73. The Labute approximate surface area is 191 Å². The molecule has 0 aromatic heterocycles. The maximum atomic E-state index is 14.3. The van der Waals surface area contributed by atoms with Crippen LogP contribution in [0.3, 0.4) is 0 Å². The zero-order valence-corrected chi connectivity index (χ0v) is 19.3. The summed E-state index contributed by atoms with van der Waals surface area (Å²) < 4.78 is 14.3. The van der Waals surface area contributed by atoms with Crippen molar-refractivity contribution in [2.24, 2.45) is 0 Å². The number of halogens is 1. The number of unbranched alkanes of at least 4 members (excludes halogenated alkanes) is 5. The molecule has 31 heavy (non-hydrogen) atoms. The zero-order valence-electron chi connectivity index (χ0n) is 18.5. The van der Waals surface area contributed by atoms with Crippen LogP contribution in [0.15, 0.2) is 83.8 Å². The van der Waals surface area contributed by atoms with Gasteiger partial charge in [-0.25, -0.2) is 4.39 Å². The van der Waals surface area contributed by atoms with Gasteiger partial charge >= 0.3 is 0 Å². The van der Waals surface area contributed by atoms with Gasteiger partial charge in [-0.05, 0) is 47.2 Å². The molecule has 3 atom stereocenters. The van der Waals surface area contributed by atoms with E-state index in [4.69, 9.17) is 0 Å². The van der Waals surface area contributed by atoms with Crippen LogP contribution in [0.1, 0.15) is 85.6 Å². The van der Waals surface area contributed by atoms with Crippen molar-refractivity contribution in [1.82, 2.24) is 0 Å². The average molecular weight is 433 g/mol. The summed E-state index contributed by atoms with van der Waals surface area (Å²) in [6, 6.07) is 27.2. The Hall–Kier alpha value is -2.06. The van der Waals surface area contributed by atoms with Gasteiger partial charge in [-0.1, -0.05) is 106 Å². The van der Waals surface area contributed by atoms with Crippen LogP contribution in [0.2, 0.25) is 0 Å². The summed E-state index contributed by atoms with van der Waals surface area (Å²) in [6.07, 6.45) is 8.84. The van der Waals surface area contributed by atoms with E-state index in [-0.39, 0.29) is 5.82 Å². The van der Waals surface area contributed by atoms with Gasteiger partial charge in [-0.15, -0.1) is 11.8 Å². The molecule has 0 N–H and O–H groups in total. The summed E-state index contributed by atoms with van der Waals surface area (Å²) in [4.78, 5) is 1.25. The Morgan fingerprint density at radius 3 is 2.10 bits per heavy atom. The van der Waals surface area contributed by atoms with Crippen molar-refractivity contribution in [3.8, 4) is 0 Å². The summed E-state index contributed by atoms with van der Waals surface area (Å²) in [5.74, 6) is 0.571. The van der Waals surface area contributed by atoms with Crippen LogP contribution >= 0.6 is 11.8 Å². The fourth-order valence-corrected chi connectivity index (χ4v) is 6.56. The van der Waals surface area contributed by atoms with Gasteiger partial charge in [-0.2, -0.15) is 0 Å². The first-order valence-electron chi connectivity index (χ1n) is 11.8. The van der Waals surface area contributed by atoms with Gasteiger partial charge < -0.3 is 0 Å². The van der Waals surface area contributed by atoms with Crippen molar-refractivity contribution in [2.75, 3.05) is 0 Å². The molecule has 0 bridgehead atoms. The van der Waals surface area contributed by atoms with Gasteiger partial charge in [0.2, 0.25) is 0 Å². The lowest BCUT2D eigenvalue weighted by atomic mass is 9.74. The Kier molecular flexibility index (Phi) is 7.86. The highest BCUT2D eigenvalue weighted by molar-refractivity contribution is 7.99. The largest absolute Gasteiger partial charge is 0.207 e. The number of thioether (sulfide) groups is 1. The molecule has 3 aromatic carbocycles. The molecular weight excluding hydrogens is 399 g/mol. The molecule has 0 aliphatic carbocycles. The normalized spacial score (nSPS) is 20.4. The van der Waals surface area contributed by atoms with Gasteiger partial charge in [0.15, 0.2) is 0 Å². The highest BCUT2D eigenvalue weighted by atomic mass is 32.2. The Balaban J connectivity index is 1.69. The van der Waals surface area contributed by atoms with Gasteiger partial charge in [0.05, 0.1) is 0 Å². The van der Waals surface area contributed by atoms with Gasteiger partial charge in [0.1, 0.15) is 5.82 Å². The average Bonchev–Trinajstić information content (AvgIpc) is 2.82. The molecule has 0 radical (unpaired) electrons. The number of hydrogen-bond acceptors (Lipinski definition) is 1. The van der Waals surface area contributed by atoms with E-state index in [9.17, 15) is 4.39 Å². The first-order valence-corrected chi connectivity index (χ1v) is 12.7. The van der Waals surface area contributed by atoms with Crippen LogP contribution in [-0.2, 0) is 0 Å². The maximum absolute atomic E-state index is 14.3. The third kappa shape index (κ3) is 5.41. The van der Waals surface area contributed by atoms with E-state index in [0.717, 1.165) is 6.42 Å². The Morgan fingerprint density at radius 1 is 0.742 bits per heavy atom. The number of fused-ring (bicyclic) bond motifs is 1. The molecule has 3 aromatic rings. The van der Waals surface area contributed by atoms with Crippen LogP contribution in [0, 0.1) is 5.82 Å². The van der Waals surface area contributed by atoms with E-state index in [2.05, 4.69) is 67.6 Å². The molecule has 2 heteroatoms. The number of benzene rings is 3. The van der Waals surface area contributed by atoms with E-state index >= 15 is 0 Å². The van der Waals surface area contributed by atoms with Crippen LogP contribution in [0.25, 0.3) is 0 Å². The third-order valence-electron chi connectivity index (χ3n) is 6.57. The predicted molar refractivity (Wildman–Crippen MR) is 131 cm³/mol. The minimum Gasteiger partial charge on any atom is -0.207 e. The summed E-state index contributed by atoms with van der Waals surface area (Å²) >= 11 is 1.91. The van der Waals surface area contributed by atoms with Crippen LogP contribution in [0.5, 0.6) is 0 Å². The van der Waals surface area contributed by atoms with E-state index in [0.29, 0.717) is 17.1 Å². The van der Waals surface area contributed by atoms with Gasteiger partial charge in [-0.3, -0.25) is 0 Å².